The van der Waals surface area contributed by atoms with Crippen LogP contribution in [0.4, 0.5) is 0 Å². The van der Waals surface area contributed by atoms with Crippen molar-refractivity contribution in [3.8, 4) is 12.3 Å². The molecule has 1 saturated heterocycles. The van der Waals surface area contributed by atoms with Gasteiger partial charge in [-0.3, -0.25) is 0 Å². The minimum Gasteiger partial charge on any atom is -0.367 e. The molecular formula is C15H20N2O2S. The average molecular weight is 292 g/mol. The number of carbonyl (C=O) groups is 1. The predicted molar refractivity (Wildman–Crippen MR) is 79.1 cm³/mol. The van der Waals surface area contributed by atoms with E-state index >= 15 is 0 Å². The molecule has 2 rings (SSSR count). The van der Waals surface area contributed by atoms with E-state index in [1.165, 1.54) is 0 Å². The lowest BCUT2D eigenvalue weighted by Gasteiger charge is -2.31. The minimum absolute atomic E-state index is 0.181. The molecule has 1 aromatic rings. The number of nitrogens with zero attached hydrogens (tertiary/aromatic N) is 2. The van der Waals surface area contributed by atoms with Crippen molar-refractivity contribution < 1.29 is 9.63 Å². The van der Waals surface area contributed by atoms with Crippen LogP contribution in [-0.2, 0) is 9.63 Å². The third-order valence-electron chi connectivity index (χ3n) is 3.30. The monoisotopic (exact) mass is 292 g/mol. The van der Waals surface area contributed by atoms with Crippen LogP contribution in [-0.4, -0.2) is 29.1 Å². The second kappa shape index (κ2) is 5.94. The number of hydrogen-bond donors (Lipinski definition) is 0. The van der Waals surface area contributed by atoms with Gasteiger partial charge in [0.25, 0.3) is 0 Å². The zero-order valence-electron chi connectivity index (χ0n) is 12.2. The number of terminal acetylenes is 1. The highest BCUT2D eigenvalue weighted by Gasteiger charge is 2.29. The van der Waals surface area contributed by atoms with Crippen LogP contribution in [0.2, 0.25) is 0 Å². The van der Waals surface area contributed by atoms with Crippen LogP contribution >= 0.6 is 11.3 Å². The second-order valence-corrected chi connectivity index (χ2v) is 6.94. The molecule has 0 radical (unpaired) electrons. The van der Waals surface area contributed by atoms with Gasteiger partial charge in [0.05, 0.1) is 10.4 Å². The first kappa shape index (κ1) is 15.0. The third-order valence-corrected chi connectivity index (χ3v) is 4.30. The lowest BCUT2D eigenvalue weighted by molar-refractivity contribution is -0.204. The van der Waals surface area contributed by atoms with Gasteiger partial charge in [0.1, 0.15) is 5.69 Å². The van der Waals surface area contributed by atoms with E-state index in [1.807, 2.05) is 26.2 Å². The summed E-state index contributed by atoms with van der Waals surface area (Å²) in [4.78, 5) is 21.7. The first-order valence-electron chi connectivity index (χ1n) is 6.79. The molecule has 0 saturated carbocycles. The van der Waals surface area contributed by atoms with Gasteiger partial charge >= 0.3 is 5.97 Å². The topological polar surface area (TPSA) is 42.4 Å². The SMILES string of the molecule is C#Cc1csc(C2CCN(OC(=O)C(C)(C)C)CC2)n1. The third kappa shape index (κ3) is 3.59. The Morgan fingerprint density at radius 2 is 2.15 bits per heavy atom. The second-order valence-electron chi connectivity index (χ2n) is 6.05. The summed E-state index contributed by atoms with van der Waals surface area (Å²) in [5, 5.41) is 4.78. The Bertz CT molecular complexity index is 517. The highest BCUT2D eigenvalue weighted by Crippen LogP contribution is 2.30. The van der Waals surface area contributed by atoms with E-state index in [2.05, 4.69) is 10.9 Å². The first-order chi connectivity index (χ1) is 9.40. The molecule has 1 aliphatic heterocycles. The van der Waals surface area contributed by atoms with Crippen molar-refractivity contribution in [2.75, 3.05) is 13.1 Å². The molecule has 0 N–H and O–H groups in total. The molecule has 5 heteroatoms. The van der Waals surface area contributed by atoms with Crippen LogP contribution in [0.15, 0.2) is 5.38 Å². The predicted octanol–water partition coefficient (Wildman–Crippen LogP) is 2.81. The van der Waals surface area contributed by atoms with Crippen LogP contribution in [0.25, 0.3) is 0 Å². The van der Waals surface area contributed by atoms with Gasteiger partial charge in [-0.05, 0) is 39.5 Å². The zero-order valence-corrected chi connectivity index (χ0v) is 13.0. The van der Waals surface area contributed by atoms with Gasteiger partial charge < -0.3 is 4.84 Å². The number of carbonyl (C=O) groups excluding carboxylic acids is 1. The molecule has 0 aliphatic carbocycles. The van der Waals surface area contributed by atoms with Crippen LogP contribution in [0.1, 0.15) is 50.2 Å². The molecule has 0 spiro atoms. The molecule has 2 heterocycles. The van der Waals surface area contributed by atoms with Crippen molar-refractivity contribution >= 4 is 17.3 Å². The average Bonchev–Trinajstić information content (AvgIpc) is 2.87. The summed E-state index contributed by atoms with van der Waals surface area (Å²) in [5.41, 5.74) is 0.250. The molecule has 0 atom stereocenters. The molecule has 4 nitrogen and oxygen atoms in total. The standard InChI is InChI=1S/C15H20N2O2S/c1-5-12-10-20-13(16-12)11-6-8-17(9-7-11)19-14(18)15(2,3)4/h1,10-11H,6-9H2,2-4H3. The molecule has 1 aliphatic rings. The Labute approximate surface area is 124 Å². The summed E-state index contributed by atoms with van der Waals surface area (Å²) in [6.45, 7) is 7.08. The Hall–Kier alpha value is -1.38. The Balaban J connectivity index is 1.87. The molecule has 0 unspecified atom stereocenters. The number of hydroxylamine groups is 2. The van der Waals surface area contributed by atoms with Gasteiger partial charge in [0.15, 0.2) is 0 Å². The van der Waals surface area contributed by atoms with Crippen LogP contribution in [0, 0.1) is 17.8 Å². The van der Waals surface area contributed by atoms with Gasteiger partial charge in [-0.15, -0.1) is 22.8 Å². The first-order valence-corrected chi connectivity index (χ1v) is 7.67. The van der Waals surface area contributed by atoms with Gasteiger partial charge in [-0.1, -0.05) is 0 Å². The van der Waals surface area contributed by atoms with E-state index in [-0.39, 0.29) is 5.97 Å². The van der Waals surface area contributed by atoms with Gasteiger partial charge in [-0.25, -0.2) is 9.78 Å². The summed E-state index contributed by atoms with van der Waals surface area (Å²) in [6.07, 6.45) is 7.22. The molecule has 0 aromatic carbocycles. The van der Waals surface area contributed by atoms with Crippen LogP contribution in [0.5, 0.6) is 0 Å². The Morgan fingerprint density at radius 3 is 2.65 bits per heavy atom. The highest BCUT2D eigenvalue weighted by molar-refractivity contribution is 7.09. The number of hydrogen-bond acceptors (Lipinski definition) is 5. The summed E-state index contributed by atoms with van der Waals surface area (Å²) in [5.74, 6) is 2.80. The lowest BCUT2D eigenvalue weighted by atomic mass is 9.97. The van der Waals surface area contributed by atoms with Crippen molar-refractivity contribution in [3.05, 3.63) is 16.1 Å². The molecule has 0 amide bonds. The van der Waals surface area contributed by atoms with Crippen LogP contribution < -0.4 is 0 Å². The quantitative estimate of drug-likeness (QED) is 0.786. The number of piperidine rings is 1. The molecular weight excluding hydrogens is 272 g/mol. The van der Waals surface area contributed by atoms with Gasteiger partial charge in [0.2, 0.25) is 0 Å². The highest BCUT2D eigenvalue weighted by atomic mass is 32.1. The molecule has 20 heavy (non-hydrogen) atoms. The van der Waals surface area contributed by atoms with Gasteiger partial charge in [-0.2, -0.15) is 0 Å². The Kier molecular flexibility index (Phi) is 4.46. The Morgan fingerprint density at radius 1 is 1.50 bits per heavy atom. The fraction of sp³-hybridized carbons (Fsp3) is 0.600. The lowest BCUT2D eigenvalue weighted by Crippen LogP contribution is -2.38. The summed E-state index contributed by atoms with van der Waals surface area (Å²) < 4.78 is 0. The minimum atomic E-state index is -0.464. The van der Waals surface area contributed by atoms with E-state index in [4.69, 9.17) is 11.3 Å². The zero-order chi connectivity index (χ0) is 14.8. The summed E-state index contributed by atoms with van der Waals surface area (Å²) >= 11 is 1.62. The molecule has 0 bridgehead atoms. The van der Waals surface area contributed by atoms with Crippen molar-refractivity contribution in [2.24, 2.45) is 5.41 Å². The van der Waals surface area contributed by atoms with Crippen molar-refractivity contribution in [1.29, 1.82) is 0 Å². The van der Waals surface area contributed by atoms with Crippen LogP contribution in [0.3, 0.4) is 0 Å². The fourth-order valence-corrected chi connectivity index (χ4v) is 2.92. The smallest absolute Gasteiger partial charge is 0.330 e. The maximum absolute atomic E-state index is 11.8. The van der Waals surface area contributed by atoms with E-state index in [0.29, 0.717) is 11.6 Å². The van der Waals surface area contributed by atoms with Crippen molar-refractivity contribution in [3.63, 3.8) is 0 Å². The van der Waals surface area contributed by atoms with E-state index in [0.717, 1.165) is 30.9 Å². The fourth-order valence-electron chi connectivity index (χ4n) is 1.99. The van der Waals surface area contributed by atoms with E-state index in [1.54, 1.807) is 16.4 Å². The van der Waals surface area contributed by atoms with E-state index < -0.39 is 5.41 Å². The molecule has 1 fully saturated rings. The summed E-state index contributed by atoms with van der Waals surface area (Å²) in [6, 6.07) is 0. The normalized spacial score (nSPS) is 17.7. The van der Waals surface area contributed by atoms with E-state index in [9.17, 15) is 4.79 Å². The maximum Gasteiger partial charge on any atom is 0.330 e. The summed E-state index contributed by atoms with van der Waals surface area (Å²) in [7, 11) is 0. The number of thiazole rings is 1. The van der Waals surface area contributed by atoms with Gasteiger partial charge in [0, 0.05) is 24.4 Å². The molecule has 1 aromatic heterocycles. The van der Waals surface area contributed by atoms with Crippen molar-refractivity contribution in [2.45, 2.75) is 39.5 Å². The van der Waals surface area contributed by atoms with Crippen molar-refractivity contribution in [1.82, 2.24) is 10.0 Å². The molecule has 108 valence electrons. The maximum atomic E-state index is 11.8. The largest absolute Gasteiger partial charge is 0.367 e. The number of rotatable bonds is 2. The number of aromatic nitrogens is 1.